The van der Waals surface area contributed by atoms with E-state index in [4.69, 9.17) is 11.6 Å². The quantitative estimate of drug-likeness (QED) is 0.728. The molecule has 0 saturated heterocycles. The number of nitrogens with zero attached hydrogens (tertiary/aromatic N) is 1. The van der Waals surface area contributed by atoms with Gasteiger partial charge in [-0.05, 0) is 30.7 Å². The molecule has 94 valence electrons. The molecule has 0 fully saturated rings. The molecule has 0 unspecified atom stereocenters. The summed E-state index contributed by atoms with van der Waals surface area (Å²) in [6, 6.07) is 7.43. The Morgan fingerprint density at radius 2 is 1.94 bits per heavy atom. The van der Waals surface area contributed by atoms with Crippen molar-refractivity contribution in [1.82, 2.24) is 4.90 Å². The second kappa shape index (κ2) is 7.72. The van der Waals surface area contributed by atoms with Crippen molar-refractivity contribution in [3.8, 4) is 0 Å². The molecule has 1 amide bonds. The van der Waals surface area contributed by atoms with Crippen molar-refractivity contribution in [1.29, 1.82) is 0 Å². The van der Waals surface area contributed by atoms with E-state index in [0.29, 0.717) is 12.4 Å². The molecule has 1 aromatic carbocycles. The van der Waals surface area contributed by atoms with Gasteiger partial charge >= 0.3 is 0 Å². The third-order valence-corrected chi connectivity index (χ3v) is 3.21. The molecule has 1 rings (SSSR count). The Hall–Kier alpha value is -0.540. The molecule has 0 aliphatic carbocycles. The smallest absolute Gasteiger partial charge is 0.253 e. The number of rotatable bonds is 6. The fourth-order valence-corrected chi connectivity index (χ4v) is 2.01. The molecule has 2 nitrogen and oxygen atoms in total. The molecule has 0 aliphatic rings. The average molecular weight is 319 g/mol. The van der Waals surface area contributed by atoms with E-state index in [-0.39, 0.29) is 5.91 Å². The van der Waals surface area contributed by atoms with E-state index in [0.717, 1.165) is 29.4 Å². The predicted octanol–water partition coefficient (Wildman–Crippen LogP) is 3.93. The van der Waals surface area contributed by atoms with Crippen LogP contribution in [0.15, 0.2) is 28.7 Å². The van der Waals surface area contributed by atoms with Crippen LogP contribution in [0.5, 0.6) is 0 Å². The number of carbonyl (C=O) groups excluding carboxylic acids is 1. The Balaban J connectivity index is 2.72. The van der Waals surface area contributed by atoms with E-state index >= 15 is 0 Å². The van der Waals surface area contributed by atoms with Gasteiger partial charge in [0.1, 0.15) is 0 Å². The molecule has 1 aromatic rings. The largest absolute Gasteiger partial charge is 0.337 e. The van der Waals surface area contributed by atoms with Crippen LogP contribution in [0.4, 0.5) is 0 Å². The summed E-state index contributed by atoms with van der Waals surface area (Å²) in [5.74, 6) is 0.540. The Bertz CT molecular complexity index is 353. The lowest BCUT2D eigenvalue weighted by molar-refractivity contribution is 0.0763. The fraction of sp³-hybridized carbons (Fsp3) is 0.462. The summed E-state index contributed by atoms with van der Waals surface area (Å²) in [6.45, 7) is 3.50. The van der Waals surface area contributed by atoms with Gasteiger partial charge in [0.05, 0.1) is 0 Å². The maximum Gasteiger partial charge on any atom is 0.253 e. The van der Waals surface area contributed by atoms with E-state index < -0.39 is 0 Å². The Kier molecular flexibility index (Phi) is 6.60. The van der Waals surface area contributed by atoms with Gasteiger partial charge in [0, 0.05) is 29.0 Å². The second-order valence-electron chi connectivity index (χ2n) is 3.84. The zero-order valence-electron chi connectivity index (χ0n) is 9.96. The van der Waals surface area contributed by atoms with Gasteiger partial charge in [-0.2, -0.15) is 0 Å². The first kappa shape index (κ1) is 14.5. The summed E-state index contributed by atoms with van der Waals surface area (Å²) in [4.78, 5) is 14.0. The summed E-state index contributed by atoms with van der Waals surface area (Å²) in [5.41, 5.74) is 0.717. The number of carbonyl (C=O) groups is 1. The minimum atomic E-state index is 0.0617. The van der Waals surface area contributed by atoms with Gasteiger partial charge in [-0.15, -0.1) is 11.6 Å². The highest BCUT2D eigenvalue weighted by Crippen LogP contribution is 2.13. The van der Waals surface area contributed by atoms with Gasteiger partial charge in [0.25, 0.3) is 5.91 Å². The van der Waals surface area contributed by atoms with E-state index in [9.17, 15) is 4.79 Å². The monoisotopic (exact) mass is 317 g/mol. The normalized spacial score (nSPS) is 10.3. The van der Waals surface area contributed by atoms with Crippen molar-refractivity contribution < 1.29 is 4.79 Å². The lowest BCUT2D eigenvalue weighted by atomic mass is 10.2. The van der Waals surface area contributed by atoms with E-state index in [1.54, 1.807) is 0 Å². The van der Waals surface area contributed by atoms with Crippen LogP contribution < -0.4 is 0 Å². The highest BCUT2D eigenvalue weighted by atomic mass is 79.9. The fourth-order valence-electron chi connectivity index (χ4n) is 1.54. The Morgan fingerprint density at radius 1 is 1.29 bits per heavy atom. The van der Waals surface area contributed by atoms with Crippen LogP contribution in [-0.2, 0) is 0 Å². The third-order valence-electron chi connectivity index (χ3n) is 2.51. The van der Waals surface area contributed by atoms with Gasteiger partial charge in [0.15, 0.2) is 0 Å². The first-order valence-corrected chi connectivity index (χ1v) is 7.12. The molecule has 0 atom stereocenters. The molecule has 0 spiro atoms. The number of hydrogen-bond donors (Lipinski definition) is 0. The third kappa shape index (κ3) is 4.68. The Labute approximate surface area is 116 Å². The van der Waals surface area contributed by atoms with Gasteiger partial charge in [-0.3, -0.25) is 4.79 Å². The van der Waals surface area contributed by atoms with Crippen LogP contribution in [0, 0.1) is 0 Å². The van der Waals surface area contributed by atoms with Gasteiger partial charge < -0.3 is 4.90 Å². The zero-order valence-corrected chi connectivity index (χ0v) is 12.3. The maximum absolute atomic E-state index is 12.2. The van der Waals surface area contributed by atoms with Crippen LogP contribution in [0.1, 0.15) is 30.1 Å². The predicted molar refractivity (Wildman–Crippen MR) is 75.7 cm³/mol. The minimum absolute atomic E-state index is 0.0617. The van der Waals surface area contributed by atoms with Crippen molar-refractivity contribution in [2.45, 2.75) is 19.8 Å². The van der Waals surface area contributed by atoms with Crippen molar-refractivity contribution in [2.24, 2.45) is 0 Å². The number of halogens is 2. The molecule has 0 aliphatic heterocycles. The van der Waals surface area contributed by atoms with Crippen LogP contribution >= 0.6 is 27.5 Å². The lowest BCUT2D eigenvalue weighted by Gasteiger charge is -2.21. The molecule has 0 aromatic heterocycles. The molecular formula is C13H17BrClNO. The lowest BCUT2D eigenvalue weighted by Crippen LogP contribution is -2.33. The first-order chi connectivity index (χ1) is 8.19. The molecule has 0 radical (unpaired) electrons. The standard InChI is InChI=1S/C13H17BrClNO/c1-2-3-9-16(10-8-15)13(17)11-4-6-12(14)7-5-11/h4-7H,2-3,8-10H2,1H3. The molecule has 0 saturated carbocycles. The number of amides is 1. The molecular weight excluding hydrogens is 302 g/mol. The van der Waals surface area contributed by atoms with Gasteiger partial charge in [0.2, 0.25) is 0 Å². The highest BCUT2D eigenvalue weighted by Gasteiger charge is 2.14. The SMILES string of the molecule is CCCCN(CCCl)C(=O)c1ccc(Br)cc1. The second-order valence-corrected chi connectivity index (χ2v) is 5.14. The van der Waals surface area contributed by atoms with Crippen molar-refractivity contribution in [3.05, 3.63) is 34.3 Å². The van der Waals surface area contributed by atoms with Crippen molar-refractivity contribution >= 4 is 33.4 Å². The van der Waals surface area contributed by atoms with E-state index in [2.05, 4.69) is 22.9 Å². The summed E-state index contributed by atoms with van der Waals surface area (Å²) in [7, 11) is 0. The number of benzene rings is 1. The van der Waals surface area contributed by atoms with Crippen molar-refractivity contribution in [2.75, 3.05) is 19.0 Å². The topological polar surface area (TPSA) is 20.3 Å². The summed E-state index contributed by atoms with van der Waals surface area (Å²) < 4.78 is 0.978. The zero-order chi connectivity index (χ0) is 12.7. The number of hydrogen-bond acceptors (Lipinski definition) is 1. The summed E-state index contributed by atoms with van der Waals surface area (Å²) in [5, 5.41) is 0. The molecule has 4 heteroatoms. The summed E-state index contributed by atoms with van der Waals surface area (Å²) in [6.07, 6.45) is 2.09. The van der Waals surface area contributed by atoms with Crippen LogP contribution in [-0.4, -0.2) is 29.8 Å². The van der Waals surface area contributed by atoms with Crippen LogP contribution in [0.25, 0.3) is 0 Å². The van der Waals surface area contributed by atoms with Crippen molar-refractivity contribution in [3.63, 3.8) is 0 Å². The molecule has 0 heterocycles. The number of unbranched alkanes of at least 4 members (excludes halogenated alkanes) is 1. The molecule has 17 heavy (non-hydrogen) atoms. The van der Waals surface area contributed by atoms with E-state index in [1.807, 2.05) is 29.2 Å². The van der Waals surface area contributed by atoms with Gasteiger partial charge in [-0.25, -0.2) is 0 Å². The Morgan fingerprint density at radius 3 is 2.47 bits per heavy atom. The van der Waals surface area contributed by atoms with Crippen LogP contribution in [0.2, 0.25) is 0 Å². The molecule has 0 N–H and O–H groups in total. The maximum atomic E-state index is 12.2. The number of alkyl halides is 1. The van der Waals surface area contributed by atoms with Crippen LogP contribution in [0.3, 0.4) is 0 Å². The summed E-state index contributed by atoms with van der Waals surface area (Å²) >= 11 is 9.09. The highest BCUT2D eigenvalue weighted by molar-refractivity contribution is 9.10. The average Bonchev–Trinajstić information content (AvgIpc) is 2.34. The van der Waals surface area contributed by atoms with Gasteiger partial charge in [-0.1, -0.05) is 29.3 Å². The van der Waals surface area contributed by atoms with E-state index in [1.165, 1.54) is 0 Å². The minimum Gasteiger partial charge on any atom is -0.337 e. The first-order valence-electron chi connectivity index (χ1n) is 5.79. The molecule has 0 bridgehead atoms.